The normalized spacial score (nSPS) is 13.7. The van der Waals surface area contributed by atoms with Crippen molar-refractivity contribution in [1.82, 2.24) is 29.5 Å². The first-order chi connectivity index (χ1) is 16.6. The molecule has 0 aliphatic carbocycles. The molecule has 0 bridgehead atoms. The van der Waals surface area contributed by atoms with Gasteiger partial charge in [-0.05, 0) is 19.1 Å². The summed E-state index contributed by atoms with van der Waals surface area (Å²) in [5.74, 6) is -0.263. The van der Waals surface area contributed by atoms with Crippen LogP contribution in [0, 0.1) is 6.92 Å². The second-order valence-corrected chi connectivity index (χ2v) is 8.21. The third kappa shape index (κ3) is 4.30. The summed E-state index contributed by atoms with van der Waals surface area (Å²) in [7, 11) is 0. The van der Waals surface area contributed by atoms with E-state index in [2.05, 4.69) is 9.97 Å². The summed E-state index contributed by atoms with van der Waals surface area (Å²) in [4.78, 5) is 37.8. The lowest BCUT2D eigenvalue weighted by Gasteiger charge is -2.34. The Balaban J connectivity index is 1.39. The van der Waals surface area contributed by atoms with Gasteiger partial charge in [0.05, 0.1) is 17.4 Å². The summed E-state index contributed by atoms with van der Waals surface area (Å²) < 4.78 is 1.75. The van der Waals surface area contributed by atoms with Gasteiger partial charge in [-0.25, -0.2) is 9.67 Å². The van der Waals surface area contributed by atoms with Crippen molar-refractivity contribution in [3.63, 3.8) is 0 Å². The zero-order valence-corrected chi connectivity index (χ0v) is 18.8. The largest absolute Gasteiger partial charge is 0.335 e. The van der Waals surface area contributed by atoms with Crippen molar-refractivity contribution in [2.75, 3.05) is 26.2 Å². The molecule has 5 rings (SSSR count). The van der Waals surface area contributed by atoms with Gasteiger partial charge in [-0.15, -0.1) is 0 Å². The fraction of sp³-hybridized carbons (Fsp3) is 0.192. The van der Waals surface area contributed by atoms with Gasteiger partial charge in [0.25, 0.3) is 11.8 Å². The van der Waals surface area contributed by atoms with E-state index in [0.717, 1.165) is 16.8 Å². The fourth-order valence-electron chi connectivity index (χ4n) is 4.02. The summed E-state index contributed by atoms with van der Waals surface area (Å²) >= 11 is 0. The van der Waals surface area contributed by atoms with Crippen LogP contribution in [0.15, 0.2) is 79.4 Å². The van der Waals surface area contributed by atoms with Crippen LogP contribution in [-0.2, 0) is 0 Å². The predicted molar refractivity (Wildman–Crippen MR) is 128 cm³/mol. The number of rotatable bonds is 4. The number of aryl methyl sites for hydroxylation is 1. The zero-order chi connectivity index (χ0) is 23.5. The minimum absolute atomic E-state index is 0.0937. The van der Waals surface area contributed by atoms with E-state index in [-0.39, 0.29) is 11.8 Å². The Bertz CT molecular complexity index is 1290. The SMILES string of the molecule is Cc1ccc(-n2cc(C(=O)N3CCN(C(=O)c4cnccn4)CC3)c(-c3ccccc3)n2)cc1. The van der Waals surface area contributed by atoms with Crippen LogP contribution in [0.3, 0.4) is 0 Å². The monoisotopic (exact) mass is 452 g/mol. The van der Waals surface area contributed by atoms with Crippen LogP contribution in [0.1, 0.15) is 26.4 Å². The minimum atomic E-state index is -0.169. The Morgan fingerprint density at radius 1 is 0.824 bits per heavy atom. The van der Waals surface area contributed by atoms with Gasteiger partial charge in [0, 0.05) is 50.3 Å². The molecule has 8 nitrogen and oxygen atoms in total. The van der Waals surface area contributed by atoms with Gasteiger partial charge in [0.2, 0.25) is 0 Å². The van der Waals surface area contributed by atoms with Crippen LogP contribution in [0.4, 0.5) is 0 Å². The Kier molecular flexibility index (Phi) is 5.86. The second kappa shape index (κ2) is 9.27. The number of carbonyl (C=O) groups excluding carboxylic acids is 2. The molecule has 4 aromatic rings. The van der Waals surface area contributed by atoms with Crippen molar-refractivity contribution in [3.8, 4) is 16.9 Å². The third-order valence-electron chi connectivity index (χ3n) is 5.93. The van der Waals surface area contributed by atoms with Crippen LogP contribution < -0.4 is 0 Å². The summed E-state index contributed by atoms with van der Waals surface area (Å²) in [6.07, 6.45) is 6.30. The van der Waals surface area contributed by atoms with E-state index in [1.165, 1.54) is 18.6 Å². The van der Waals surface area contributed by atoms with Crippen molar-refractivity contribution >= 4 is 11.8 Å². The summed E-state index contributed by atoms with van der Waals surface area (Å²) in [6.45, 7) is 3.79. The molecule has 2 aromatic carbocycles. The fourth-order valence-corrected chi connectivity index (χ4v) is 4.02. The molecule has 1 aliphatic rings. The molecule has 0 spiro atoms. The van der Waals surface area contributed by atoms with Crippen LogP contribution in [0.2, 0.25) is 0 Å². The number of amides is 2. The molecular weight excluding hydrogens is 428 g/mol. The molecule has 34 heavy (non-hydrogen) atoms. The number of nitrogens with zero attached hydrogens (tertiary/aromatic N) is 6. The summed E-state index contributed by atoms with van der Waals surface area (Å²) in [5, 5.41) is 4.77. The highest BCUT2D eigenvalue weighted by Gasteiger charge is 2.29. The first-order valence-corrected chi connectivity index (χ1v) is 11.2. The maximum absolute atomic E-state index is 13.6. The average Bonchev–Trinajstić information content (AvgIpc) is 3.35. The maximum atomic E-state index is 13.6. The molecule has 170 valence electrons. The lowest BCUT2D eigenvalue weighted by Crippen LogP contribution is -2.50. The number of hydrogen-bond acceptors (Lipinski definition) is 5. The molecule has 0 radical (unpaired) electrons. The molecule has 1 fully saturated rings. The van der Waals surface area contributed by atoms with E-state index < -0.39 is 0 Å². The van der Waals surface area contributed by atoms with Gasteiger partial charge in [0.1, 0.15) is 11.4 Å². The Labute approximate surface area is 197 Å². The van der Waals surface area contributed by atoms with E-state index >= 15 is 0 Å². The third-order valence-corrected chi connectivity index (χ3v) is 5.93. The van der Waals surface area contributed by atoms with Crippen molar-refractivity contribution in [3.05, 3.63) is 96.2 Å². The molecule has 0 atom stereocenters. The van der Waals surface area contributed by atoms with Crippen LogP contribution in [0.25, 0.3) is 16.9 Å². The predicted octanol–water partition coefficient (Wildman–Crippen LogP) is 3.24. The van der Waals surface area contributed by atoms with Gasteiger partial charge in [-0.2, -0.15) is 5.10 Å². The molecule has 2 aromatic heterocycles. The van der Waals surface area contributed by atoms with Crippen molar-refractivity contribution in [2.45, 2.75) is 6.92 Å². The summed E-state index contributed by atoms with van der Waals surface area (Å²) in [6, 6.07) is 17.7. The lowest BCUT2D eigenvalue weighted by molar-refractivity contribution is 0.0532. The van der Waals surface area contributed by atoms with Crippen molar-refractivity contribution in [1.29, 1.82) is 0 Å². The van der Waals surface area contributed by atoms with Gasteiger partial charge < -0.3 is 9.80 Å². The zero-order valence-electron chi connectivity index (χ0n) is 18.8. The Hall–Kier alpha value is -4.33. The summed E-state index contributed by atoms with van der Waals surface area (Å²) in [5.41, 5.74) is 4.43. The van der Waals surface area contributed by atoms with Crippen molar-refractivity contribution < 1.29 is 9.59 Å². The van der Waals surface area contributed by atoms with Crippen molar-refractivity contribution in [2.24, 2.45) is 0 Å². The highest BCUT2D eigenvalue weighted by molar-refractivity contribution is 6.00. The molecule has 0 N–H and O–H groups in total. The highest BCUT2D eigenvalue weighted by Crippen LogP contribution is 2.25. The smallest absolute Gasteiger partial charge is 0.274 e. The molecular formula is C26H24N6O2. The van der Waals surface area contributed by atoms with E-state index in [0.29, 0.717) is 43.1 Å². The molecule has 3 heterocycles. The van der Waals surface area contributed by atoms with Gasteiger partial charge >= 0.3 is 0 Å². The highest BCUT2D eigenvalue weighted by atomic mass is 16.2. The number of piperazine rings is 1. The maximum Gasteiger partial charge on any atom is 0.274 e. The number of aromatic nitrogens is 4. The second-order valence-electron chi connectivity index (χ2n) is 8.21. The molecule has 1 saturated heterocycles. The molecule has 8 heteroatoms. The molecule has 0 saturated carbocycles. The van der Waals surface area contributed by atoms with E-state index in [1.807, 2.05) is 61.5 Å². The van der Waals surface area contributed by atoms with Gasteiger partial charge in [0.15, 0.2) is 0 Å². The molecule has 1 aliphatic heterocycles. The van der Waals surface area contributed by atoms with E-state index in [4.69, 9.17) is 5.10 Å². The lowest BCUT2D eigenvalue weighted by atomic mass is 10.1. The van der Waals surface area contributed by atoms with Crippen LogP contribution >= 0.6 is 0 Å². The Morgan fingerprint density at radius 3 is 2.15 bits per heavy atom. The number of carbonyl (C=O) groups is 2. The van der Waals surface area contributed by atoms with E-state index in [9.17, 15) is 9.59 Å². The molecule has 0 unspecified atom stereocenters. The Morgan fingerprint density at radius 2 is 1.50 bits per heavy atom. The standard InChI is InChI=1S/C26H24N6O2/c1-19-7-9-21(10-8-19)32-18-22(24(29-32)20-5-3-2-4-6-20)25(33)30-13-15-31(16-14-30)26(34)23-17-27-11-12-28-23/h2-12,17-18H,13-16H2,1H3. The first-order valence-electron chi connectivity index (χ1n) is 11.2. The number of hydrogen-bond donors (Lipinski definition) is 0. The van der Waals surface area contributed by atoms with E-state index in [1.54, 1.807) is 20.7 Å². The topological polar surface area (TPSA) is 84.2 Å². The average molecular weight is 453 g/mol. The number of benzene rings is 2. The first kappa shape index (κ1) is 21.5. The van der Waals surface area contributed by atoms with Gasteiger partial charge in [-0.3, -0.25) is 14.6 Å². The quantitative estimate of drug-likeness (QED) is 0.475. The van der Waals surface area contributed by atoms with Crippen LogP contribution in [-0.4, -0.2) is 67.5 Å². The molecule has 2 amide bonds. The minimum Gasteiger partial charge on any atom is -0.335 e. The van der Waals surface area contributed by atoms with Gasteiger partial charge in [-0.1, -0.05) is 48.0 Å². The van der Waals surface area contributed by atoms with Crippen LogP contribution in [0.5, 0.6) is 0 Å².